The maximum atomic E-state index is 10.2. The van der Waals surface area contributed by atoms with E-state index in [0.717, 1.165) is 6.92 Å². The molecule has 0 aliphatic carbocycles. The number of Topliss-reactive ketones (excluding diaryl/α,β-unsaturated/α-hetero) is 2. The summed E-state index contributed by atoms with van der Waals surface area (Å²) in [7, 11) is 0. The maximum absolute atomic E-state index is 10.2. The Kier molecular flexibility index (Phi) is 9.23. The van der Waals surface area contributed by atoms with Crippen LogP contribution in [0.15, 0.2) is 0 Å². The average molecular weight is 220 g/mol. The molecule has 0 radical (unpaired) electrons. The van der Waals surface area contributed by atoms with Crippen LogP contribution in [0.1, 0.15) is 19.8 Å². The smallest absolute Gasteiger partial charge is 0.372 e. The van der Waals surface area contributed by atoms with Gasteiger partial charge in [-0.15, -0.1) is 0 Å². The van der Waals surface area contributed by atoms with Crippen LogP contribution in [0.5, 0.6) is 0 Å². The van der Waals surface area contributed by atoms with Crippen LogP contribution in [-0.4, -0.2) is 45.4 Å². The maximum Gasteiger partial charge on any atom is 0.372 e. The normalized spacial score (nSPS) is 8.40. The van der Waals surface area contributed by atoms with Crippen molar-refractivity contribution in [2.45, 2.75) is 19.8 Å². The number of carboxylic acids is 2. The van der Waals surface area contributed by atoms with Gasteiger partial charge in [-0.2, -0.15) is 0 Å². The Labute approximate surface area is 85.3 Å². The highest BCUT2D eigenvalue weighted by molar-refractivity contribution is 6.32. The first kappa shape index (κ1) is 15.7. The highest BCUT2D eigenvalue weighted by atomic mass is 16.4. The van der Waals surface area contributed by atoms with Crippen LogP contribution in [0.2, 0.25) is 0 Å². The number of hydrogen-bond donors (Lipinski definition) is 3. The summed E-state index contributed by atoms with van der Waals surface area (Å²) < 4.78 is 0. The van der Waals surface area contributed by atoms with Gasteiger partial charge in [0, 0.05) is 20.0 Å². The van der Waals surface area contributed by atoms with Crippen LogP contribution in [0.4, 0.5) is 0 Å². The van der Waals surface area contributed by atoms with Gasteiger partial charge in [0.2, 0.25) is 11.6 Å². The van der Waals surface area contributed by atoms with Crippen LogP contribution < -0.4 is 0 Å². The second-order valence-electron chi connectivity index (χ2n) is 2.42. The molecule has 0 rings (SSSR count). The van der Waals surface area contributed by atoms with E-state index < -0.39 is 23.5 Å². The average Bonchev–Trinajstić information content (AvgIpc) is 2.14. The summed E-state index contributed by atoms with van der Waals surface area (Å²) in [5, 5.41) is 23.8. The molecule has 0 aromatic carbocycles. The quantitative estimate of drug-likeness (QED) is 0.510. The molecule has 3 N–H and O–H groups in total. The van der Waals surface area contributed by atoms with E-state index in [-0.39, 0.29) is 19.4 Å². The third-order valence-corrected chi connectivity index (χ3v) is 1.10. The number of rotatable bonds is 5. The Bertz CT molecular complexity index is 244. The fraction of sp³-hybridized carbons (Fsp3) is 0.500. The SMILES string of the molecule is CC(=O)C(=O)O.O=C(O)C(=O)CCCO. The molecular weight excluding hydrogens is 208 g/mol. The van der Waals surface area contributed by atoms with Gasteiger partial charge in [-0.25, -0.2) is 9.59 Å². The monoisotopic (exact) mass is 220 g/mol. The van der Waals surface area contributed by atoms with Gasteiger partial charge in [0.25, 0.3) is 0 Å². The lowest BCUT2D eigenvalue weighted by Crippen LogP contribution is -2.12. The highest BCUT2D eigenvalue weighted by Gasteiger charge is 2.08. The van der Waals surface area contributed by atoms with Crippen LogP contribution in [-0.2, 0) is 19.2 Å². The fourth-order valence-corrected chi connectivity index (χ4v) is 0.347. The van der Waals surface area contributed by atoms with E-state index in [2.05, 4.69) is 0 Å². The van der Waals surface area contributed by atoms with Gasteiger partial charge in [0.15, 0.2) is 0 Å². The summed E-state index contributed by atoms with van der Waals surface area (Å²) in [4.78, 5) is 38.9. The summed E-state index contributed by atoms with van der Waals surface area (Å²) in [6, 6.07) is 0. The Balaban J connectivity index is 0. The number of carbonyl (C=O) groups is 4. The number of aliphatic hydroxyl groups is 1. The summed E-state index contributed by atoms with van der Waals surface area (Å²) >= 11 is 0. The molecule has 0 saturated heterocycles. The minimum Gasteiger partial charge on any atom is -0.476 e. The van der Waals surface area contributed by atoms with Crippen molar-refractivity contribution >= 4 is 23.5 Å². The second-order valence-corrected chi connectivity index (χ2v) is 2.42. The van der Waals surface area contributed by atoms with Crippen molar-refractivity contribution in [1.82, 2.24) is 0 Å². The number of aliphatic hydroxyl groups excluding tert-OH is 1. The third kappa shape index (κ3) is 12.2. The summed E-state index contributed by atoms with van der Waals surface area (Å²) in [5.41, 5.74) is 0. The molecule has 0 aliphatic rings. The lowest BCUT2D eigenvalue weighted by molar-refractivity contribution is -0.149. The Hall–Kier alpha value is -1.76. The van der Waals surface area contributed by atoms with E-state index >= 15 is 0 Å². The van der Waals surface area contributed by atoms with Crippen LogP contribution in [0, 0.1) is 0 Å². The minimum absolute atomic E-state index is 0.0775. The van der Waals surface area contributed by atoms with Crippen molar-refractivity contribution in [3.05, 3.63) is 0 Å². The van der Waals surface area contributed by atoms with Gasteiger partial charge in [-0.05, 0) is 6.42 Å². The largest absolute Gasteiger partial charge is 0.476 e. The second kappa shape index (κ2) is 8.82. The summed E-state index contributed by atoms with van der Waals surface area (Å²) in [6.45, 7) is 0.862. The molecule has 0 heterocycles. The molecule has 0 fully saturated rings. The zero-order valence-electron chi connectivity index (χ0n) is 8.10. The van der Waals surface area contributed by atoms with Crippen LogP contribution >= 0.6 is 0 Å². The van der Waals surface area contributed by atoms with E-state index in [0.29, 0.717) is 0 Å². The van der Waals surface area contributed by atoms with Gasteiger partial charge >= 0.3 is 11.9 Å². The van der Waals surface area contributed by atoms with Crippen molar-refractivity contribution in [2.24, 2.45) is 0 Å². The zero-order valence-corrected chi connectivity index (χ0v) is 8.10. The first-order chi connectivity index (χ1) is 6.82. The molecular formula is C8H12O7. The molecule has 0 aromatic heterocycles. The van der Waals surface area contributed by atoms with Crippen molar-refractivity contribution < 1.29 is 34.5 Å². The fourth-order valence-electron chi connectivity index (χ4n) is 0.347. The predicted octanol–water partition coefficient (Wildman–Crippen LogP) is -0.927. The van der Waals surface area contributed by atoms with E-state index in [1.807, 2.05) is 0 Å². The molecule has 0 atom stereocenters. The van der Waals surface area contributed by atoms with E-state index in [4.69, 9.17) is 15.3 Å². The standard InChI is InChI=1S/C5H8O4.C3H4O3/c6-3-1-2-4(7)5(8)9;1-2(4)3(5)6/h6H,1-3H2,(H,8,9);1H3,(H,5,6). The highest BCUT2D eigenvalue weighted by Crippen LogP contribution is 1.88. The minimum atomic E-state index is -1.43. The van der Waals surface area contributed by atoms with Crippen molar-refractivity contribution in [2.75, 3.05) is 6.61 Å². The van der Waals surface area contributed by atoms with Crippen molar-refractivity contribution in [1.29, 1.82) is 0 Å². The lowest BCUT2D eigenvalue weighted by Gasteiger charge is -1.89. The van der Waals surface area contributed by atoms with Gasteiger partial charge < -0.3 is 15.3 Å². The topological polar surface area (TPSA) is 129 Å². The van der Waals surface area contributed by atoms with Gasteiger partial charge in [-0.1, -0.05) is 0 Å². The molecule has 0 bridgehead atoms. The van der Waals surface area contributed by atoms with E-state index in [9.17, 15) is 19.2 Å². The number of carbonyl (C=O) groups excluding carboxylic acids is 2. The summed E-state index contributed by atoms with van der Waals surface area (Å²) in [6.07, 6.45) is 0.150. The molecule has 0 aliphatic heterocycles. The molecule has 0 saturated carbocycles. The number of hydrogen-bond acceptors (Lipinski definition) is 5. The van der Waals surface area contributed by atoms with E-state index in [1.165, 1.54) is 0 Å². The molecule has 0 unspecified atom stereocenters. The molecule has 0 spiro atoms. The molecule has 7 nitrogen and oxygen atoms in total. The predicted molar refractivity (Wildman–Crippen MR) is 47.3 cm³/mol. The van der Waals surface area contributed by atoms with Gasteiger partial charge in [-0.3, -0.25) is 9.59 Å². The van der Waals surface area contributed by atoms with Crippen LogP contribution in [0.25, 0.3) is 0 Å². The first-order valence-electron chi connectivity index (χ1n) is 3.93. The van der Waals surface area contributed by atoms with Crippen LogP contribution in [0.3, 0.4) is 0 Å². The summed E-state index contributed by atoms with van der Waals surface area (Å²) in [5.74, 6) is -4.47. The van der Waals surface area contributed by atoms with Crippen molar-refractivity contribution in [3.8, 4) is 0 Å². The zero-order chi connectivity index (χ0) is 12.4. The Morgan fingerprint density at radius 3 is 1.60 bits per heavy atom. The number of aliphatic carboxylic acids is 2. The first-order valence-corrected chi connectivity index (χ1v) is 3.93. The third-order valence-electron chi connectivity index (χ3n) is 1.10. The Morgan fingerprint density at radius 2 is 1.40 bits per heavy atom. The lowest BCUT2D eigenvalue weighted by atomic mass is 10.2. The molecule has 86 valence electrons. The Morgan fingerprint density at radius 1 is 1.00 bits per heavy atom. The molecule has 0 amide bonds. The molecule has 0 aromatic rings. The van der Waals surface area contributed by atoms with Gasteiger partial charge in [0.05, 0.1) is 0 Å². The van der Waals surface area contributed by atoms with E-state index in [1.54, 1.807) is 0 Å². The van der Waals surface area contributed by atoms with Gasteiger partial charge in [0.1, 0.15) is 0 Å². The molecule has 7 heteroatoms. The van der Waals surface area contributed by atoms with Crippen molar-refractivity contribution in [3.63, 3.8) is 0 Å². The number of carboxylic acid groups (broad SMARTS) is 2. The number of ketones is 2. The molecule has 15 heavy (non-hydrogen) atoms.